The molecular weight excluding hydrogens is 302 g/mol. The zero-order valence-electron chi connectivity index (χ0n) is 13.8. The van der Waals surface area contributed by atoms with Crippen molar-refractivity contribution in [2.24, 2.45) is 0 Å². The monoisotopic (exact) mass is 323 g/mol. The van der Waals surface area contributed by atoms with E-state index in [4.69, 9.17) is 20.4 Å². The van der Waals surface area contributed by atoms with Gasteiger partial charge < -0.3 is 19.9 Å². The van der Waals surface area contributed by atoms with Crippen LogP contribution in [0, 0.1) is 0 Å². The van der Waals surface area contributed by atoms with E-state index in [1.54, 1.807) is 0 Å². The van der Waals surface area contributed by atoms with Gasteiger partial charge in [-0.05, 0) is 37.3 Å². The van der Waals surface area contributed by atoms with Gasteiger partial charge in [-0.3, -0.25) is 0 Å². The third-order valence-corrected chi connectivity index (χ3v) is 4.42. The molecule has 0 radical (unpaired) electrons. The number of rotatable bonds is 3. The molecule has 1 fully saturated rings. The van der Waals surface area contributed by atoms with Crippen LogP contribution in [0.2, 0.25) is 0 Å². The lowest BCUT2D eigenvalue weighted by molar-refractivity contribution is 0.122. The quantitative estimate of drug-likeness (QED) is 0.750. The van der Waals surface area contributed by atoms with Crippen LogP contribution in [0.1, 0.15) is 6.92 Å². The van der Waals surface area contributed by atoms with Gasteiger partial charge in [-0.25, -0.2) is 9.97 Å². The number of nitrogens with zero attached hydrogens (tertiary/aromatic N) is 4. The van der Waals surface area contributed by atoms with Crippen LogP contribution in [0.4, 0.5) is 11.5 Å². The average molecular weight is 323 g/mol. The Morgan fingerprint density at radius 2 is 1.83 bits per heavy atom. The fourth-order valence-corrected chi connectivity index (χ4v) is 3.08. The highest BCUT2D eigenvalue weighted by Gasteiger charge is 2.19. The zero-order valence-corrected chi connectivity index (χ0v) is 13.8. The molecular formula is C18H21N5O. The predicted molar refractivity (Wildman–Crippen MR) is 96.1 cm³/mol. The van der Waals surface area contributed by atoms with Gasteiger partial charge in [0.1, 0.15) is 11.5 Å². The molecule has 1 aliphatic rings. The number of ether oxygens (including phenoxy) is 1. The van der Waals surface area contributed by atoms with Crippen molar-refractivity contribution in [3.63, 3.8) is 0 Å². The van der Waals surface area contributed by atoms with Gasteiger partial charge in [0, 0.05) is 37.1 Å². The van der Waals surface area contributed by atoms with Crippen LogP contribution in [-0.2, 0) is 11.3 Å². The molecule has 0 aliphatic carbocycles. The molecule has 4 rings (SSSR count). The van der Waals surface area contributed by atoms with Crippen LogP contribution in [0.25, 0.3) is 22.4 Å². The zero-order chi connectivity index (χ0) is 16.5. The Hall–Kier alpha value is -2.60. The van der Waals surface area contributed by atoms with Crippen LogP contribution in [0.3, 0.4) is 0 Å². The lowest BCUT2D eigenvalue weighted by Crippen LogP contribution is -2.37. The Bertz CT molecular complexity index is 850. The normalized spacial score (nSPS) is 15.1. The number of nitrogen functional groups attached to an aromatic ring is 1. The minimum Gasteiger partial charge on any atom is -0.399 e. The first-order valence-corrected chi connectivity index (χ1v) is 8.32. The van der Waals surface area contributed by atoms with E-state index >= 15 is 0 Å². The molecule has 6 nitrogen and oxygen atoms in total. The molecule has 3 aromatic rings. The first-order chi connectivity index (χ1) is 11.8. The summed E-state index contributed by atoms with van der Waals surface area (Å²) in [6.45, 7) is 6.17. The highest BCUT2D eigenvalue weighted by atomic mass is 16.5. The number of anilines is 2. The second-order valence-corrected chi connectivity index (χ2v) is 5.93. The molecule has 0 atom stereocenters. The number of hydrogen-bond acceptors (Lipinski definition) is 5. The maximum atomic E-state index is 5.80. The first kappa shape index (κ1) is 15.0. The Morgan fingerprint density at radius 3 is 2.54 bits per heavy atom. The van der Waals surface area contributed by atoms with Crippen molar-refractivity contribution in [2.45, 2.75) is 13.5 Å². The number of hydrogen-bond donors (Lipinski definition) is 1. The van der Waals surface area contributed by atoms with Gasteiger partial charge in [-0.2, -0.15) is 0 Å². The number of fused-ring (bicyclic) bond motifs is 1. The number of morpholine rings is 1. The maximum Gasteiger partial charge on any atom is 0.163 e. The average Bonchev–Trinajstić information content (AvgIpc) is 3.05. The van der Waals surface area contributed by atoms with E-state index in [0.717, 1.165) is 66.8 Å². The van der Waals surface area contributed by atoms with Gasteiger partial charge in [0.2, 0.25) is 0 Å². The Morgan fingerprint density at radius 1 is 1.08 bits per heavy atom. The summed E-state index contributed by atoms with van der Waals surface area (Å²) in [5.74, 6) is 1.72. The van der Waals surface area contributed by atoms with Crippen LogP contribution < -0.4 is 10.6 Å². The molecule has 0 unspecified atom stereocenters. The van der Waals surface area contributed by atoms with E-state index in [0.29, 0.717) is 0 Å². The molecule has 0 amide bonds. The summed E-state index contributed by atoms with van der Waals surface area (Å²) in [4.78, 5) is 12.0. The largest absolute Gasteiger partial charge is 0.399 e. The van der Waals surface area contributed by atoms with Crippen LogP contribution >= 0.6 is 0 Å². The lowest BCUT2D eigenvalue weighted by Gasteiger charge is -2.28. The minimum atomic E-state index is 0.733. The minimum absolute atomic E-state index is 0.733. The fraction of sp³-hybridized carbons (Fsp3) is 0.333. The summed E-state index contributed by atoms with van der Waals surface area (Å²) in [6.07, 6.45) is 2.08. The molecule has 2 aromatic heterocycles. The smallest absolute Gasteiger partial charge is 0.163 e. The molecule has 1 aliphatic heterocycles. The SMILES string of the molecule is CCn1ccc2c(N3CCOCC3)nc(-c3ccc(N)cc3)nc21. The Balaban J connectivity index is 1.89. The van der Waals surface area contributed by atoms with Crippen LogP contribution in [0.5, 0.6) is 0 Å². The van der Waals surface area contributed by atoms with Gasteiger partial charge in [0.05, 0.1) is 18.6 Å². The summed E-state index contributed by atoms with van der Waals surface area (Å²) in [7, 11) is 0. The molecule has 3 heterocycles. The van der Waals surface area contributed by atoms with Crippen molar-refractivity contribution < 1.29 is 4.74 Å². The first-order valence-electron chi connectivity index (χ1n) is 8.32. The van der Waals surface area contributed by atoms with Crippen molar-refractivity contribution >= 4 is 22.5 Å². The van der Waals surface area contributed by atoms with Gasteiger partial charge in [-0.15, -0.1) is 0 Å². The molecule has 1 aromatic carbocycles. The Labute approximate surface area is 140 Å². The van der Waals surface area contributed by atoms with Crippen LogP contribution in [0.15, 0.2) is 36.5 Å². The second kappa shape index (κ2) is 6.13. The molecule has 0 spiro atoms. The third kappa shape index (κ3) is 2.59. The predicted octanol–water partition coefficient (Wildman–Crippen LogP) is 2.54. The van der Waals surface area contributed by atoms with Crippen molar-refractivity contribution in [3.8, 4) is 11.4 Å². The van der Waals surface area contributed by atoms with Crippen LogP contribution in [-0.4, -0.2) is 40.8 Å². The summed E-state index contributed by atoms with van der Waals surface area (Å²) in [6, 6.07) is 9.82. The maximum absolute atomic E-state index is 5.80. The number of aryl methyl sites for hydroxylation is 1. The molecule has 1 saturated heterocycles. The van der Waals surface area contributed by atoms with Gasteiger partial charge in [-0.1, -0.05) is 0 Å². The number of benzene rings is 1. The van der Waals surface area contributed by atoms with E-state index < -0.39 is 0 Å². The second-order valence-electron chi connectivity index (χ2n) is 5.93. The van der Waals surface area contributed by atoms with Crippen molar-refractivity contribution in [2.75, 3.05) is 36.9 Å². The van der Waals surface area contributed by atoms with Crippen molar-refractivity contribution in [3.05, 3.63) is 36.5 Å². The van der Waals surface area contributed by atoms with E-state index in [2.05, 4.69) is 28.7 Å². The number of aromatic nitrogens is 3. The molecule has 124 valence electrons. The summed E-state index contributed by atoms with van der Waals surface area (Å²) in [5, 5.41) is 1.10. The molecule has 6 heteroatoms. The molecule has 0 saturated carbocycles. The van der Waals surface area contributed by atoms with Gasteiger partial charge in [0.15, 0.2) is 5.82 Å². The number of nitrogens with two attached hydrogens (primary N) is 1. The molecule has 24 heavy (non-hydrogen) atoms. The topological polar surface area (TPSA) is 69.2 Å². The lowest BCUT2D eigenvalue weighted by atomic mass is 10.2. The standard InChI is InChI=1S/C18H21N5O/c1-2-22-8-7-15-17(22)20-16(13-3-5-14(19)6-4-13)21-18(15)23-9-11-24-12-10-23/h3-8H,2,9-12,19H2,1H3. The third-order valence-electron chi connectivity index (χ3n) is 4.42. The Kier molecular flexibility index (Phi) is 3.82. The van der Waals surface area contributed by atoms with E-state index in [1.165, 1.54) is 0 Å². The summed E-state index contributed by atoms with van der Waals surface area (Å²) >= 11 is 0. The van der Waals surface area contributed by atoms with Crippen molar-refractivity contribution in [1.29, 1.82) is 0 Å². The van der Waals surface area contributed by atoms with E-state index in [-0.39, 0.29) is 0 Å². The molecule has 0 bridgehead atoms. The highest BCUT2D eigenvalue weighted by Crippen LogP contribution is 2.29. The summed E-state index contributed by atoms with van der Waals surface area (Å²) < 4.78 is 7.64. The van der Waals surface area contributed by atoms with Gasteiger partial charge >= 0.3 is 0 Å². The van der Waals surface area contributed by atoms with E-state index in [9.17, 15) is 0 Å². The molecule has 2 N–H and O–H groups in total. The highest BCUT2D eigenvalue weighted by molar-refractivity contribution is 5.90. The van der Waals surface area contributed by atoms with Gasteiger partial charge in [0.25, 0.3) is 0 Å². The fourth-order valence-electron chi connectivity index (χ4n) is 3.08. The van der Waals surface area contributed by atoms with Crippen molar-refractivity contribution in [1.82, 2.24) is 14.5 Å². The summed E-state index contributed by atoms with van der Waals surface area (Å²) in [5.41, 5.74) is 8.49. The van der Waals surface area contributed by atoms with E-state index in [1.807, 2.05) is 24.3 Å².